The van der Waals surface area contributed by atoms with E-state index in [-0.39, 0.29) is 10.2 Å². The Labute approximate surface area is 178 Å². The van der Waals surface area contributed by atoms with Gasteiger partial charge in [-0.25, -0.2) is 0 Å². The molecular weight excluding hydrogens is 484 g/mol. The second-order valence-electron chi connectivity index (χ2n) is 6.40. The number of rotatable bonds is 3. The number of aromatic nitrogens is 2. The molecule has 0 bridgehead atoms. The van der Waals surface area contributed by atoms with Gasteiger partial charge in [0.25, 0.3) is 5.91 Å². The van der Waals surface area contributed by atoms with Crippen LogP contribution in [0.25, 0.3) is 0 Å². The van der Waals surface area contributed by atoms with Crippen LogP contribution in [0.2, 0.25) is 10.0 Å². The molecule has 152 valence electrons. The number of nitrogens with zero attached hydrogens (tertiary/aromatic N) is 4. The van der Waals surface area contributed by atoms with E-state index in [1.165, 1.54) is 4.90 Å². The highest BCUT2D eigenvalue weighted by molar-refractivity contribution is 9.10. The molecule has 0 unspecified atom stereocenters. The quantitative estimate of drug-likeness (QED) is 0.625. The number of aryl methyl sites for hydroxylation is 1. The van der Waals surface area contributed by atoms with Crippen LogP contribution in [0.15, 0.2) is 22.7 Å². The summed E-state index contributed by atoms with van der Waals surface area (Å²) in [5.41, 5.74) is -0.409. The van der Waals surface area contributed by atoms with Gasteiger partial charge in [0.05, 0.1) is 4.47 Å². The monoisotopic (exact) mass is 498 g/mol. The molecule has 5 nitrogen and oxygen atoms in total. The van der Waals surface area contributed by atoms with E-state index in [0.29, 0.717) is 47.5 Å². The van der Waals surface area contributed by atoms with Crippen molar-refractivity contribution in [1.82, 2.24) is 19.6 Å². The van der Waals surface area contributed by atoms with E-state index in [9.17, 15) is 18.0 Å². The van der Waals surface area contributed by atoms with Gasteiger partial charge in [-0.3, -0.25) is 14.4 Å². The molecule has 0 saturated carbocycles. The van der Waals surface area contributed by atoms with E-state index < -0.39 is 17.8 Å². The fourth-order valence-corrected chi connectivity index (χ4v) is 4.36. The minimum atomic E-state index is -4.61. The molecule has 1 amide bonds. The second kappa shape index (κ2) is 8.22. The first kappa shape index (κ1) is 21.4. The van der Waals surface area contributed by atoms with E-state index in [1.54, 1.807) is 18.2 Å². The summed E-state index contributed by atoms with van der Waals surface area (Å²) in [5.74, 6) is -0.534. The fraction of sp³-hybridized carbons (Fsp3) is 0.412. The van der Waals surface area contributed by atoms with Crippen LogP contribution in [-0.2, 0) is 19.8 Å². The Morgan fingerprint density at radius 2 is 1.75 bits per heavy atom. The largest absolute Gasteiger partial charge is 0.434 e. The smallest absolute Gasteiger partial charge is 0.335 e. The Morgan fingerprint density at radius 3 is 2.25 bits per heavy atom. The van der Waals surface area contributed by atoms with Crippen molar-refractivity contribution in [2.24, 2.45) is 7.05 Å². The van der Waals surface area contributed by atoms with Crippen molar-refractivity contribution in [2.75, 3.05) is 26.2 Å². The summed E-state index contributed by atoms with van der Waals surface area (Å²) in [6, 6.07) is 5.30. The Kier molecular flexibility index (Phi) is 6.29. The molecule has 11 heteroatoms. The molecule has 1 fully saturated rings. The summed E-state index contributed by atoms with van der Waals surface area (Å²) in [5, 5.41) is 4.92. The van der Waals surface area contributed by atoms with Gasteiger partial charge in [-0.2, -0.15) is 18.3 Å². The third-order valence-corrected chi connectivity index (χ3v) is 6.02. The first-order valence-electron chi connectivity index (χ1n) is 8.33. The van der Waals surface area contributed by atoms with Crippen molar-refractivity contribution in [3.8, 4) is 0 Å². The molecule has 0 spiro atoms. The minimum Gasteiger partial charge on any atom is -0.335 e. The Bertz CT molecular complexity index is 875. The topological polar surface area (TPSA) is 41.4 Å². The summed E-state index contributed by atoms with van der Waals surface area (Å²) >= 11 is 15.3. The molecule has 0 radical (unpaired) electrons. The summed E-state index contributed by atoms with van der Waals surface area (Å²) in [7, 11) is 1.16. The number of halogens is 6. The van der Waals surface area contributed by atoms with Crippen LogP contribution in [0.5, 0.6) is 0 Å². The number of carbonyl (C=O) groups is 1. The van der Waals surface area contributed by atoms with Crippen LogP contribution in [0.3, 0.4) is 0 Å². The number of piperazine rings is 1. The van der Waals surface area contributed by atoms with Crippen LogP contribution >= 0.6 is 39.1 Å². The van der Waals surface area contributed by atoms with E-state index in [1.807, 2.05) is 0 Å². The van der Waals surface area contributed by atoms with Crippen LogP contribution < -0.4 is 0 Å². The standard InChI is InChI=1S/C17H16BrCl2F3N4O/c1-25-15(17(21,22)23)13(18)14(24-25)16(28)27-7-5-26(6-8-27)9-10-11(19)3-2-4-12(10)20/h2-4H,5-9H2,1H3. The molecule has 1 aliphatic heterocycles. The number of benzene rings is 1. The van der Waals surface area contributed by atoms with Crippen LogP contribution in [0, 0.1) is 0 Å². The first-order valence-corrected chi connectivity index (χ1v) is 9.88. The molecule has 1 aromatic carbocycles. The summed E-state index contributed by atoms with van der Waals surface area (Å²) in [4.78, 5) is 16.3. The molecule has 3 rings (SSSR count). The summed E-state index contributed by atoms with van der Waals surface area (Å²) in [6.45, 7) is 2.36. The van der Waals surface area contributed by atoms with Crippen LogP contribution in [-0.4, -0.2) is 51.7 Å². The molecule has 0 aliphatic carbocycles. The van der Waals surface area contributed by atoms with Crippen LogP contribution in [0.1, 0.15) is 21.7 Å². The SMILES string of the molecule is Cn1nc(C(=O)N2CCN(Cc3c(Cl)cccc3Cl)CC2)c(Br)c1C(F)(F)F. The zero-order chi connectivity index (χ0) is 20.6. The average Bonchev–Trinajstić information content (AvgIpc) is 2.92. The minimum absolute atomic E-state index is 0.238. The maximum absolute atomic E-state index is 13.1. The van der Waals surface area contributed by atoms with E-state index in [2.05, 4.69) is 25.9 Å². The third-order valence-electron chi connectivity index (χ3n) is 4.56. The summed E-state index contributed by atoms with van der Waals surface area (Å²) in [6.07, 6.45) is -4.61. The molecule has 2 aromatic rings. The van der Waals surface area contributed by atoms with Crippen molar-refractivity contribution < 1.29 is 18.0 Å². The number of hydrogen-bond donors (Lipinski definition) is 0. The maximum Gasteiger partial charge on any atom is 0.434 e. The number of amides is 1. The van der Waals surface area contributed by atoms with Gasteiger partial charge in [0, 0.05) is 55.4 Å². The van der Waals surface area contributed by atoms with Gasteiger partial charge in [0.15, 0.2) is 11.4 Å². The van der Waals surface area contributed by atoms with E-state index in [0.717, 1.165) is 12.6 Å². The van der Waals surface area contributed by atoms with Crippen molar-refractivity contribution in [3.05, 3.63) is 49.7 Å². The van der Waals surface area contributed by atoms with Gasteiger partial charge in [-0.05, 0) is 28.1 Å². The lowest BCUT2D eigenvalue weighted by molar-refractivity contribution is -0.144. The fourth-order valence-electron chi connectivity index (χ4n) is 3.11. The number of carbonyl (C=O) groups excluding carboxylic acids is 1. The van der Waals surface area contributed by atoms with Crippen molar-refractivity contribution in [2.45, 2.75) is 12.7 Å². The number of alkyl halides is 3. The summed E-state index contributed by atoms with van der Waals surface area (Å²) < 4.78 is 39.7. The van der Waals surface area contributed by atoms with E-state index in [4.69, 9.17) is 23.2 Å². The van der Waals surface area contributed by atoms with Crippen molar-refractivity contribution in [3.63, 3.8) is 0 Å². The van der Waals surface area contributed by atoms with Crippen molar-refractivity contribution in [1.29, 1.82) is 0 Å². The molecule has 1 aliphatic rings. The number of hydrogen-bond acceptors (Lipinski definition) is 3. The predicted octanol–water partition coefficient (Wildman–Crippen LogP) is 4.47. The lowest BCUT2D eigenvalue weighted by Crippen LogP contribution is -2.48. The molecule has 28 heavy (non-hydrogen) atoms. The lowest BCUT2D eigenvalue weighted by Gasteiger charge is -2.34. The maximum atomic E-state index is 13.1. The third kappa shape index (κ3) is 4.32. The normalized spacial score (nSPS) is 15.9. The highest BCUT2D eigenvalue weighted by atomic mass is 79.9. The zero-order valence-corrected chi connectivity index (χ0v) is 17.8. The molecule has 0 atom stereocenters. The lowest BCUT2D eigenvalue weighted by atomic mass is 10.2. The average molecular weight is 500 g/mol. The molecule has 0 N–H and O–H groups in total. The highest BCUT2D eigenvalue weighted by Crippen LogP contribution is 2.36. The molecule has 1 saturated heterocycles. The predicted molar refractivity (Wildman–Crippen MR) is 104 cm³/mol. The highest BCUT2D eigenvalue weighted by Gasteiger charge is 2.40. The van der Waals surface area contributed by atoms with Crippen LogP contribution in [0.4, 0.5) is 13.2 Å². The van der Waals surface area contributed by atoms with Gasteiger partial charge >= 0.3 is 6.18 Å². The Hall–Kier alpha value is -1.29. The zero-order valence-electron chi connectivity index (χ0n) is 14.7. The molecule has 1 aromatic heterocycles. The van der Waals surface area contributed by atoms with Gasteiger partial charge in [0.2, 0.25) is 0 Å². The Balaban J connectivity index is 1.68. The molecular formula is C17H16BrCl2F3N4O. The van der Waals surface area contributed by atoms with Gasteiger partial charge < -0.3 is 4.90 Å². The Morgan fingerprint density at radius 1 is 1.18 bits per heavy atom. The second-order valence-corrected chi connectivity index (χ2v) is 8.01. The van der Waals surface area contributed by atoms with Crippen molar-refractivity contribution >= 4 is 45.0 Å². The van der Waals surface area contributed by atoms with Gasteiger partial charge in [-0.15, -0.1) is 0 Å². The molecule has 2 heterocycles. The first-order chi connectivity index (χ1) is 13.1. The van der Waals surface area contributed by atoms with E-state index >= 15 is 0 Å². The van der Waals surface area contributed by atoms with Gasteiger partial charge in [0.1, 0.15) is 0 Å². The van der Waals surface area contributed by atoms with Gasteiger partial charge in [-0.1, -0.05) is 29.3 Å².